The van der Waals surface area contributed by atoms with Gasteiger partial charge in [-0.3, -0.25) is 10.00 Å². The van der Waals surface area contributed by atoms with Gasteiger partial charge < -0.3 is 0 Å². The minimum atomic E-state index is 0.307. The normalized spacial score (nSPS) is 12.1. The molecule has 0 amide bonds. The fraction of sp³-hybridized carbons (Fsp3) is 0.615. The summed E-state index contributed by atoms with van der Waals surface area (Å²) >= 11 is 0. The van der Waals surface area contributed by atoms with Crippen molar-refractivity contribution in [1.82, 2.24) is 15.1 Å². The molecule has 0 aliphatic carbocycles. The van der Waals surface area contributed by atoms with Crippen LogP contribution >= 0.6 is 0 Å². The van der Waals surface area contributed by atoms with Crippen molar-refractivity contribution in [2.24, 2.45) is 0 Å². The highest BCUT2D eigenvalue weighted by molar-refractivity contribution is 5.28. The minimum absolute atomic E-state index is 0.307. The number of rotatable bonds is 4. The third kappa shape index (κ3) is 2.65. The maximum absolute atomic E-state index is 4.52. The van der Waals surface area contributed by atoms with E-state index in [1.807, 2.05) is 11.6 Å². The zero-order chi connectivity index (χ0) is 12.1. The van der Waals surface area contributed by atoms with Gasteiger partial charge in [-0.25, -0.2) is 0 Å². The van der Waals surface area contributed by atoms with Crippen molar-refractivity contribution in [2.45, 2.75) is 47.2 Å². The van der Waals surface area contributed by atoms with Crippen molar-refractivity contribution in [2.75, 3.05) is 6.54 Å². The lowest BCUT2D eigenvalue weighted by Crippen LogP contribution is -2.20. The van der Waals surface area contributed by atoms with E-state index in [0.717, 1.165) is 18.8 Å². The molecule has 0 aliphatic heterocycles. The van der Waals surface area contributed by atoms with E-state index in [2.05, 4.69) is 50.0 Å². The highest BCUT2D eigenvalue weighted by Gasteiger charge is 2.15. The molecule has 1 unspecified atom stereocenters. The first kappa shape index (κ1) is 12.8. The lowest BCUT2D eigenvalue weighted by molar-refractivity contribution is 0.606. The summed E-state index contributed by atoms with van der Waals surface area (Å²) in [7, 11) is 0. The van der Waals surface area contributed by atoms with Gasteiger partial charge in [-0.05, 0) is 34.6 Å². The fourth-order valence-corrected chi connectivity index (χ4v) is 2.04. The Morgan fingerprint density at radius 3 is 2.62 bits per heavy atom. The average Bonchev–Trinajstić information content (AvgIpc) is 2.54. The van der Waals surface area contributed by atoms with Gasteiger partial charge in [-0.15, -0.1) is 5.92 Å². The summed E-state index contributed by atoms with van der Waals surface area (Å²) in [5, 5.41) is 7.91. The number of hydrogen-bond acceptors (Lipinski definition) is 2. The molecule has 88 valence electrons. The van der Waals surface area contributed by atoms with E-state index in [1.54, 1.807) is 0 Å². The predicted molar refractivity (Wildman–Crippen MR) is 67.2 cm³/mol. The standard InChI is InChI=1S/C13H21N3/c1-6-8-9-14-10(3)13-11(4)15-16(7-2)12(13)5/h10,14H,7,9H2,1-5H3. The topological polar surface area (TPSA) is 29.9 Å². The summed E-state index contributed by atoms with van der Waals surface area (Å²) < 4.78 is 2.05. The molecule has 3 heteroatoms. The molecule has 0 spiro atoms. The highest BCUT2D eigenvalue weighted by atomic mass is 15.3. The molecule has 1 heterocycles. The van der Waals surface area contributed by atoms with Crippen LogP contribution in [0.2, 0.25) is 0 Å². The lowest BCUT2D eigenvalue weighted by Gasteiger charge is -2.12. The molecule has 1 aromatic heterocycles. The van der Waals surface area contributed by atoms with Crippen LogP contribution < -0.4 is 5.32 Å². The molecule has 0 bridgehead atoms. The summed E-state index contributed by atoms with van der Waals surface area (Å²) in [6, 6.07) is 0.307. The van der Waals surface area contributed by atoms with Gasteiger partial charge in [0, 0.05) is 23.8 Å². The largest absolute Gasteiger partial charge is 0.299 e. The number of hydrogen-bond donors (Lipinski definition) is 1. The predicted octanol–water partition coefficient (Wildman–Crippen LogP) is 2.19. The molecule has 1 rings (SSSR count). The molecule has 0 saturated heterocycles. The van der Waals surface area contributed by atoms with Crippen molar-refractivity contribution in [1.29, 1.82) is 0 Å². The van der Waals surface area contributed by atoms with Gasteiger partial charge in [0.15, 0.2) is 0 Å². The van der Waals surface area contributed by atoms with Crippen LogP contribution in [0.25, 0.3) is 0 Å². The second-order valence-electron chi connectivity index (χ2n) is 3.93. The van der Waals surface area contributed by atoms with Crippen LogP contribution in [-0.2, 0) is 6.54 Å². The van der Waals surface area contributed by atoms with Gasteiger partial charge in [0.1, 0.15) is 0 Å². The fourth-order valence-electron chi connectivity index (χ4n) is 2.04. The Morgan fingerprint density at radius 1 is 1.44 bits per heavy atom. The van der Waals surface area contributed by atoms with Crippen LogP contribution in [0.1, 0.15) is 43.8 Å². The third-order valence-electron chi connectivity index (χ3n) is 2.84. The molecule has 0 saturated carbocycles. The highest BCUT2D eigenvalue weighted by Crippen LogP contribution is 2.20. The van der Waals surface area contributed by atoms with Crippen LogP contribution in [0, 0.1) is 25.7 Å². The third-order valence-corrected chi connectivity index (χ3v) is 2.84. The van der Waals surface area contributed by atoms with E-state index in [4.69, 9.17) is 0 Å². The quantitative estimate of drug-likeness (QED) is 0.787. The first-order chi connectivity index (χ1) is 7.61. The second-order valence-corrected chi connectivity index (χ2v) is 3.93. The van der Waals surface area contributed by atoms with Gasteiger partial charge >= 0.3 is 0 Å². The molecule has 0 fully saturated rings. The van der Waals surface area contributed by atoms with Gasteiger partial charge in [0.2, 0.25) is 0 Å². The molecular weight excluding hydrogens is 198 g/mol. The maximum Gasteiger partial charge on any atom is 0.0644 e. The van der Waals surface area contributed by atoms with Gasteiger partial charge in [-0.1, -0.05) is 5.92 Å². The first-order valence-electron chi connectivity index (χ1n) is 5.78. The summed E-state index contributed by atoms with van der Waals surface area (Å²) in [5.41, 5.74) is 3.67. The SMILES string of the molecule is CC#CCNC(C)c1c(C)nn(CC)c1C. The van der Waals surface area contributed by atoms with Crippen LogP contribution in [0.5, 0.6) is 0 Å². The zero-order valence-corrected chi connectivity index (χ0v) is 10.9. The number of nitrogens with one attached hydrogen (secondary N) is 1. The molecule has 1 N–H and O–H groups in total. The van der Waals surface area contributed by atoms with E-state index >= 15 is 0 Å². The summed E-state index contributed by atoms with van der Waals surface area (Å²) in [5.74, 6) is 5.91. The van der Waals surface area contributed by atoms with Crippen LogP contribution in [0.3, 0.4) is 0 Å². The van der Waals surface area contributed by atoms with Gasteiger partial charge in [0.25, 0.3) is 0 Å². The van der Waals surface area contributed by atoms with E-state index in [9.17, 15) is 0 Å². The summed E-state index contributed by atoms with van der Waals surface area (Å²) in [6.07, 6.45) is 0. The monoisotopic (exact) mass is 219 g/mol. The van der Waals surface area contributed by atoms with Crippen LogP contribution in [0.15, 0.2) is 0 Å². The Hall–Kier alpha value is -1.27. The second kappa shape index (κ2) is 5.72. The van der Waals surface area contributed by atoms with Crippen LogP contribution in [0.4, 0.5) is 0 Å². The van der Waals surface area contributed by atoms with Crippen LogP contribution in [-0.4, -0.2) is 16.3 Å². The Balaban J connectivity index is 2.84. The van der Waals surface area contributed by atoms with E-state index in [1.165, 1.54) is 11.3 Å². The van der Waals surface area contributed by atoms with Gasteiger partial charge in [-0.2, -0.15) is 5.10 Å². The molecule has 0 aromatic carbocycles. The molecule has 3 nitrogen and oxygen atoms in total. The molecule has 1 atom stereocenters. The van der Waals surface area contributed by atoms with E-state index in [0.29, 0.717) is 6.04 Å². The first-order valence-corrected chi connectivity index (χ1v) is 5.78. The number of aryl methyl sites for hydroxylation is 2. The number of aromatic nitrogens is 2. The average molecular weight is 219 g/mol. The molecular formula is C13H21N3. The summed E-state index contributed by atoms with van der Waals surface area (Å²) in [6.45, 7) is 12.0. The number of nitrogens with zero attached hydrogens (tertiary/aromatic N) is 2. The van der Waals surface area contributed by atoms with Crippen molar-refractivity contribution >= 4 is 0 Å². The molecule has 0 aliphatic rings. The maximum atomic E-state index is 4.52. The Labute approximate surface area is 98.2 Å². The zero-order valence-electron chi connectivity index (χ0n) is 10.9. The van der Waals surface area contributed by atoms with Crippen molar-refractivity contribution < 1.29 is 0 Å². The Morgan fingerprint density at radius 2 is 2.12 bits per heavy atom. The van der Waals surface area contributed by atoms with Crippen molar-refractivity contribution in [3.05, 3.63) is 17.0 Å². The van der Waals surface area contributed by atoms with E-state index < -0.39 is 0 Å². The minimum Gasteiger partial charge on any atom is -0.299 e. The smallest absolute Gasteiger partial charge is 0.0644 e. The van der Waals surface area contributed by atoms with Crippen molar-refractivity contribution in [3.63, 3.8) is 0 Å². The molecule has 1 aromatic rings. The summed E-state index contributed by atoms with van der Waals surface area (Å²) in [4.78, 5) is 0. The molecule has 0 radical (unpaired) electrons. The molecule has 16 heavy (non-hydrogen) atoms. The Kier molecular flexibility index (Phi) is 4.57. The Bertz CT molecular complexity index is 407. The van der Waals surface area contributed by atoms with Crippen molar-refractivity contribution in [3.8, 4) is 11.8 Å². The van der Waals surface area contributed by atoms with Gasteiger partial charge in [0.05, 0.1) is 12.2 Å². The lowest BCUT2D eigenvalue weighted by atomic mass is 10.1. The van der Waals surface area contributed by atoms with E-state index in [-0.39, 0.29) is 0 Å².